The standard InChI is InChI=1S/C13H17ClO3/c1-13(2,3)11(12(15)16)8-17-10-6-4-9(14)5-7-10/h4-7,11H,8H2,1-3H3,(H,15,16). The first-order chi connectivity index (χ1) is 7.80. The quantitative estimate of drug-likeness (QED) is 0.897. The van der Waals surface area contributed by atoms with Gasteiger partial charge in [0.25, 0.3) is 0 Å². The number of ether oxygens (including phenoxy) is 1. The number of hydrogen-bond donors (Lipinski definition) is 1. The average Bonchev–Trinajstić information content (AvgIpc) is 2.18. The zero-order valence-electron chi connectivity index (χ0n) is 10.2. The molecule has 0 aliphatic rings. The molecule has 0 aromatic heterocycles. The van der Waals surface area contributed by atoms with Gasteiger partial charge in [0.15, 0.2) is 0 Å². The summed E-state index contributed by atoms with van der Waals surface area (Å²) in [5.41, 5.74) is -0.335. The summed E-state index contributed by atoms with van der Waals surface area (Å²) in [5.74, 6) is -0.755. The summed E-state index contributed by atoms with van der Waals surface area (Å²) < 4.78 is 5.47. The molecule has 1 atom stereocenters. The summed E-state index contributed by atoms with van der Waals surface area (Å²) >= 11 is 5.75. The van der Waals surface area contributed by atoms with Crippen molar-refractivity contribution >= 4 is 17.6 Å². The number of hydrogen-bond acceptors (Lipinski definition) is 2. The molecule has 0 heterocycles. The lowest BCUT2D eigenvalue weighted by Crippen LogP contribution is -2.33. The van der Waals surface area contributed by atoms with E-state index in [1.807, 2.05) is 20.8 Å². The van der Waals surface area contributed by atoms with Crippen LogP contribution in [0.4, 0.5) is 0 Å². The summed E-state index contributed by atoms with van der Waals surface area (Å²) in [6.45, 7) is 5.81. The molecule has 3 nitrogen and oxygen atoms in total. The lowest BCUT2D eigenvalue weighted by Gasteiger charge is -2.26. The second-order valence-electron chi connectivity index (χ2n) is 5.02. The third-order valence-electron chi connectivity index (χ3n) is 2.57. The smallest absolute Gasteiger partial charge is 0.310 e. The number of halogens is 1. The highest BCUT2D eigenvalue weighted by molar-refractivity contribution is 6.30. The molecule has 0 saturated carbocycles. The first kappa shape index (κ1) is 13.8. The minimum atomic E-state index is -0.841. The Morgan fingerprint density at radius 1 is 1.35 bits per heavy atom. The monoisotopic (exact) mass is 256 g/mol. The summed E-state index contributed by atoms with van der Waals surface area (Å²) in [7, 11) is 0. The summed E-state index contributed by atoms with van der Waals surface area (Å²) in [4.78, 5) is 11.1. The second kappa shape index (κ2) is 5.41. The number of carboxylic acids is 1. The lowest BCUT2D eigenvalue weighted by atomic mass is 9.81. The van der Waals surface area contributed by atoms with E-state index in [0.717, 1.165) is 0 Å². The fourth-order valence-corrected chi connectivity index (χ4v) is 1.53. The molecule has 1 unspecified atom stereocenters. The van der Waals surface area contributed by atoms with Gasteiger partial charge >= 0.3 is 5.97 Å². The molecule has 1 rings (SSSR count). The van der Waals surface area contributed by atoms with Crippen LogP contribution in [0.15, 0.2) is 24.3 Å². The fourth-order valence-electron chi connectivity index (χ4n) is 1.40. The Balaban J connectivity index is 2.65. The van der Waals surface area contributed by atoms with Crippen molar-refractivity contribution in [1.82, 2.24) is 0 Å². The van der Waals surface area contributed by atoms with Crippen molar-refractivity contribution in [1.29, 1.82) is 0 Å². The molecular formula is C13H17ClO3. The van der Waals surface area contributed by atoms with Crippen molar-refractivity contribution in [3.63, 3.8) is 0 Å². The predicted octanol–water partition coefficient (Wildman–Crippen LogP) is 3.47. The van der Waals surface area contributed by atoms with Gasteiger partial charge in [-0.1, -0.05) is 32.4 Å². The van der Waals surface area contributed by atoms with Gasteiger partial charge in [-0.25, -0.2) is 0 Å². The maximum absolute atomic E-state index is 11.1. The molecule has 0 aliphatic carbocycles. The molecule has 0 saturated heterocycles. The molecule has 0 amide bonds. The summed E-state index contributed by atoms with van der Waals surface area (Å²) in [6.07, 6.45) is 0. The normalized spacial score (nSPS) is 13.2. The molecule has 0 bridgehead atoms. The van der Waals surface area contributed by atoms with Gasteiger partial charge in [-0.2, -0.15) is 0 Å². The minimum absolute atomic E-state index is 0.153. The van der Waals surface area contributed by atoms with Crippen LogP contribution < -0.4 is 4.74 Å². The largest absolute Gasteiger partial charge is 0.493 e. The van der Waals surface area contributed by atoms with Gasteiger partial charge in [0, 0.05) is 5.02 Å². The van der Waals surface area contributed by atoms with Crippen molar-refractivity contribution in [2.45, 2.75) is 20.8 Å². The van der Waals surface area contributed by atoms with E-state index in [1.54, 1.807) is 24.3 Å². The summed E-state index contributed by atoms with van der Waals surface area (Å²) in [6, 6.07) is 6.88. The fraction of sp³-hybridized carbons (Fsp3) is 0.462. The van der Waals surface area contributed by atoms with Crippen LogP contribution in [-0.4, -0.2) is 17.7 Å². The predicted molar refractivity (Wildman–Crippen MR) is 67.5 cm³/mol. The molecule has 0 fully saturated rings. The van der Waals surface area contributed by atoms with Crippen LogP contribution in [0, 0.1) is 11.3 Å². The van der Waals surface area contributed by atoms with Crippen LogP contribution in [0.3, 0.4) is 0 Å². The molecule has 94 valence electrons. The number of rotatable bonds is 4. The number of benzene rings is 1. The van der Waals surface area contributed by atoms with Crippen LogP contribution in [0.2, 0.25) is 5.02 Å². The molecule has 1 N–H and O–H groups in total. The number of aliphatic carboxylic acids is 1. The number of carboxylic acid groups (broad SMARTS) is 1. The van der Waals surface area contributed by atoms with Crippen LogP contribution in [-0.2, 0) is 4.79 Å². The van der Waals surface area contributed by atoms with Crippen molar-refractivity contribution in [3.8, 4) is 5.75 Å². The maximum Gasteiger partial charge on any atom is 0.310 e. The highest BCUT2D eigenvalue weighted by atomic mass is 35.5. The highest BCUT2D eigenvalue weighted by Gasteiger charge is 2.31. The van der Waals surface area contributed by atoms with Gasteiger partial charge in [-0.3, -0.25) is 4.79 Å². The van der Waals surface area contributed by atoms with E-state index in [1.165, 1.54) is 0 Å². The van der Waals surface area contributed by atoms with E-state index in [-0.39, 0.29) is 12.0 Å². The Hall–Kier alpha value is -1.22. The zero-order valence-corrected chi connectivity index (χ0v) is 11.0. The van der Waals surface area contributed by atoms with Crippen LogP contribution in [0.1, 0.15) is 20.8 Å². The summed E-state index contributed by atoms with van der Waals surface area (Å²) in [5, 5.41) is 9.76. The van der Waals surface area contributed by atoms with Crippen molar-refractivity contribution < 1.29 is 14.6 Å². The molecule has 1 aromatic carbocycles. The molecule has 1 aromatic rings. The Bertz CT molecular complexity index is 379. The van der Waals surface area contributed by atoms with E-state index < -0.39 is 11.9 Å². The molecule has 0 radical (unpaired) electrons. The van der Waals surface area contributed by atoms with E-state index >= 15 is 0 Å². The van der Waals surface area contributed by atoms with Gasteiger partial charge in [0.2, 0.25) is 0 Å². The average molecular weight is 257 g/mol. The van der Waals surface area contributed by atoms with E-state index in [0.29, 0.717) is 10.8 Å². The second-order valence-corrected chi connectivity index (χ2v) is 5.46. The SMILES string of the molecule is CC(C)(C)C(COc1ccc(Cl)cc1)C(=O)O. The first-order valence-electron chi connectivity index (χ1n) is 5.42. The van der Waals surface area contributed by atoms with Gasteiger partial charge in [-0.05, 0) is 29.7 Å². The lowest BCUT2D eigenvalue weighted by molar-refractivity contribution is -0.146. The van der Waals surface area contributed by atoms with E-state index in [9.17, 15) is 4.79 Å². The van der Waals surface area contributed by atoms with Crippen LogP contribution >= 0.6 is 11.6 Å². The van der Waals surface area contributed by atoms with Crippen LogP contribution in [0.25, 0.3) is 0 Å². The Morgan fingerprint density at radius 2 is 1.88 bits per heavy atom. The maximum atomic E-state index is 11.1. The molecular weight excluding hydrogens is 240 g/mol. The van der Waals surface area contributed by atoms with Crippen molar-refractivity contribution in [3.05, 3.63) is 29.3 Å². The minimum Gasteiger partial charge on any atom is -0.493 e. The van der Waals surface area contributed by atoms with Crippen molar-refractivity contribution in [2.24, 2.45) is 11.3 Å². The highest BCUT2D eigenvalue weighted by Crippen LogP contribution is 2.27. The van der Waals surface area contributed by atoms with E-state index in [2.05, 4.69) is 0 Å². The Morgan fingerprint density at radius 3 is 2.29 bits per heavy atom. The molecule has 0 aliphatic heterocycles. The van der Waals surface area contributed by atoms with Gasteiger partial charge in [-0.15, -0.1) is 0 Å². The Labute approximate surface area is 106 Å². The van der Waals surface area contributed by atoms with Gasteiger partial charge in [0.1, 0.15) is 12.4 Å². The number of carbonyl (C=O) groups is 1. The third kappa shape index (κ3) is 4.27. The molecule has 0 spiro atoms. The van der Waals surface area contributed by atoms with Gasteiger partial charge in [0.05, 0.1) is 5.92 Å². The third-order valence-corrected chi connectivity index (χ3v) is 2.83. The molecule has 4 heteroatoms. The van der Waals surface area contributed by atoms with E-state index in [4.69, 9.17) is 21.4 Å². The van der Waals surface area contributed by atoms with Crippen LogP contribution in [0.5, 0.6) is 5.75 Å². The molecule has 17 heavy (non-hydrogen) atoms. The van der Waals surface area contributed by atoms with Gasteiger partial charge < -0.3 is 9.84 Å². The first-order valence-corrected chi connectivity index (χ1v) is 5.79. The van der Waals surface area contributed by atoms with Crippen molar-refractivity contribution in [2.75, 3.05) is 6.61 Å². The Kier molecular flexibility index (Phi) is 4.40. The zero-order chi connectivity index (χ0) is 13.1. The topological polar surface area (TPSA) is 46.5 Å².